The Morgan fingerprint density at radius 2 is 1.89 bits per heavy atom. The second-order valence-electron chi connectivity index (χ2n) is 5.06. The van der Waals surface area contributed by atoms with Crippen molar-refractivity contribution in [2.24, 2.45) is 0 Å². The van der Waals surface area contributed by atoms with Crippen LogP contribution in [0.1, 0.15) is 31.2 Å². The van der Waals surface area contributed by atoms with E-state index in [1.807, 2.05) is 12.1 Å². The van der Waals surface area contributed by atoms with Crippen LogP contribution >= 0.6 is 0 Å². The first-order chi connectivity index (χ1) is 9.25. The molecule has 19 heavy (non-hydrogen) atoms. The smallest absolute Gasteiger partial charge is 0.207 e. The summed E-state index contributed by atoms with van der Waals surface area (Å²) in [6, 6.07) is 6.06. The van der Waals surface area contributed by atoms with Crippen molar-refractivity contribution in [3.63, 3.8) is 0 Å². The van der Waals surface area contributed by atoms with E-state index in [1.165, 1.54) is 18.4 Å². The molecule has 0 bridgehead atoms. The molecule has 1 aromatic carbocycles. The molecule has 4 nitrogen and oxygen atoms in total. The molecule has 2 rings (SSSR count). The number of nitrogens with one attached hydrogen (secondary N) is 1. The quantitative estimate of drug-likeness (QED) is 0.801. The summed E-state index contributed by atoms with van der Waals surface area (Å²) in [6.07, 6.45) is 5.39. The summed E-state index contributed by atoms with van der Waals surface area (Å²) < 4.78 is 10.6. The zero-order valence-electron chi connectivity index (χ0n) is 11.6. The minimum absolute atomic E-state index is 0.0421. The summed E-state index contributed by atoms with van der Waals surface area (Å²) in [6.45, 7) is 0.686. The van der Waals surface area contributed by atoms with Gasteiger partial charge in [0.15, 0.2) is 11.5 Å². The fourth-order valence-corrected chi connectivity index (χ4v) is 3.02. The molecule has 0 atom stereocenters. The number of methoxy groups -OCH3 is 2. The van der Waals surface area contributed by atoms with E-state index < -0.39 is 0 Å². The van der Waals surface area contributed by atoms with Crippen molar-refractivity contribution in [3.05, 3.63) is 23.8 Å². The van der Waals surface area contributed by atoms with Crippen LogP contribution in [0.3, 0.4) is 0 Å². The summed E-state index contributed by atoms with van der Waals surface area (Å²) in [5.74, 6) is 1.49. The minimum Gasteiger partial charge on any atom is -0.493 e. The first-order valence-electron chi connectivity index (χ1n) is 6.65. The van der Waals surface area contributed by atoms with Crippen LogP contribution in [0, 0.1) is 0 Å². The molecule has 1 aliphatic rings. The number of rotatable bonds is 6. The van der Waals surface area contributed by atoms with Crippen molar-refractivity contribution in [1.82, 2.24) is 5.32 Å². The molecule has 0 aromatic heterocycles. The lowest BCUT2D eigenvalue weighted by atomic mass is 9.78. The number of hydrogen-bond donors (Lipinski definition) is 1. The zero-order valence-corrected chi connectivity index (χ0v) is 11.6. The Labute approximate surface area is 114 Å². The van der Waals surface area contributed by atoms with Crippen molar-refractivity contribution in [3.8, 4) is 11.5 Å². The van der Waals surface area contributed by atoms with Gasteiger partial charge in [0.1, 0.15) is 0 Å². The van der Waals surface area contributed by atoms with Crippen LogP contribution in [0.4, 0.5) is 0 Å². The summed E-state index contributed by atoms with van der Waals surface area (Å²) in [5.41, 5.74) is 1.26. The van der Waals surface area contributed by atoms with Crippen LogP contribution in [0.5, 0.6) is 11.5 Å². The second-order valence-corrected chi connectivity index (χ2v) is 5.06. The Bertz CT molecular complexity index is 439. The summed E-state index contributed by atoms with van der Waals surface area (Å²) in [7, 11) is 3.28. The van der Waals surface area contributed by atoms with E-state index in [0.717, 1.165) is 30.8 Å². The molecular formula is C15H21NO3. The number of amides is 1. The zero-order chi connectivity index (χ0) is 13.7. The third-order valence-electron chi connectivity index (χ3n) is 4.08. The SMILES string of the molecule is COc1ccc(C2(CNC=O)CCCC2)cc1OC. The van der Waals surface area contributed by atoms with Gasteiger partial charge in [-0.3, -0.25) is 4.79 Å². The van der Waals surface area contributed by atoms with Crippen LogP contribution in [-0.4, -0.2) is 27.2 Å². The molecule has 1 aromatic rings. The Morgan fingerprint density at radius 1 is 1.21 bits per heavy atom. The summed E-state index contributed by atoms with van der Waals surface area (Å²) in [5, 5.41) is 2.84. The molecule has 1 N–H and O–H groups in total. The topological polar surface area (TPSA) is 47.6 Å². The number of carbonyl (C=O) groups is 1. The minimum atomic E-state index is 0.0421. The van der Waals surface area contributed by atoms with E-state index in [9.17, 15) is 4.79 Å². The van der Waals surface area contributed by atoms with Gasteiger partial charge in [0.05, 0.1) is 14.2 Å². The maximum atomic E-state index is 10.6. The van der Waals surface area contributed by atoms with Crippen molar-refractivity contribution in [1.29, 1.82) is 0 Å². The van der Waals surface area contributed by atoms with Gasteiger partial charge in [-0.25, -0.2) is 0 Å². The normalized spacial score (nSPS) is 16.9. The van der Waals surface area contributed by atoms with Crippen molar-refractivity contribution in [2.45, 2.75) is 31.1 Å². The molecule has 0 saturated heterocycles. The van der Waals surface area contributed by atoms with Gasteiger partial charge in [0.2, 0.25) is 6.41 Å². The number of hydrogen-bond acceptors (Lipinski definition) is 3. The molecule has 1 saturated carbocycles. The molecule has 0 spiro atoms. The fourth-order valence-electron chi connectivity index (χ4n) is 3.02. The Hall–Kier alpha value is -1.71. The highest BCUT2D eigenvalue weighted by Gasteiger charge is 2.35. The third kappa shape index (κ3) is 2.67. The lowest BCUT2D eigenvalue weighted by molar-refractivity contribution is -0.109. The molecule has 1 aliphatic carbocycles. The lowest BCUT2D eigenvalue weighted by Crippen LogP contribution is -2.35. The van der Waals surface area contributed by atoms with Crippen molar-refractivity contribution in [2.75, 3.05) is 20.8 Å². The Kier molecular flexibility index (Phi) is 4.30. The molecule has 0 aliphatic heterocycles. The number of benzene rings is 1. The molecule has 1 fully saturated rings. The standard InChI is InChI=1S/C15H21NO3/c1-18-13-6-5-12(9-14(13)19-2)15(10-16-11-17)7-3-4-8-15/h5-6,9,11H,3-4,7-8,10H2,1-2H3,(H,16,17). The first kappa shape index (κ1) is 13.7. The van der Waals surface area contributed by atoms with E-state index in [0.29, 0.717) is 6.54 Å². The van der Waals surface area contributed by atoms with Crippen molar-refractivity contribution < 1.29 is 14.3 Å². The predicted molar refractivity (Wildman–Crippen MR) is 73.8 cm³/mol. The number of ether oxygens (including phenoxy) is 2. The molecule has 4 heteroatoms. The maximum Gasteiger partial charge on any atom is 0.207 e. The van der Waals surface area contributed by atoms with Gasteiger partial charge in [-0.15, -0.1) is 0 Å². The van der Waals surface area contributed by atoms with E-state index >= 15 is 0 Å². The second kappa shape index (κ2) is 5.95. The van der Waals surface area contributed by atoms with Gasteiger partial charge in [0, 0.05) is 12.0 Å². The summed E-state index contributed by atoms with van der Waals surface area (Å²) in [4.78, 5) is 10.6. The largest absolute Gasteiger partial charge is 0.493 e. The average molecular weight is 263 g/mol. The van der Waals surface area contributed by atoms with Crippen LogP contribution in [0.15, 0.2) is 18.2 Å². The molecule has 0 radical (unpaired) electrons. The monoisotopic (exact) mass is 263 g/mol. The molecular weight excluding hydrogens is 242 g/mol. The number of carbonyl (C=O) groups excluding carboxylic acids is 1. The van der Waals surface area contributed by atoms with Gasteiger partial charge in [-0.05, 0) is 30.5 Å². The van der Waals surface area contributed by atoms with E-state index in [4.69, 9.17) is 9.47 Å². The molecule has 104 valence electrons. The molecule has 1 amide bonds. The van der Waals surface area contributed by atoms with Gasteiger partial charge in [-0.2, -0.15) is 0 Å². The highest BCUT2D eigenvalue weighted by atomic mass is 16.5. The summed E-state index contributed by atoms with van der Waals surface area (Å²) >= 11 is 0. The van der Waals surface area contributed by atoms with E-state index in [1.54, 1.807) is 14.2 Å². The van der Waals surface area contributed by atoms with E-state index in [2.05, 4.69) is 11.4 Å². The average Bonchev–Trinajstić information content (AvgIpc) is 2.94. The van der Waals surface area contributed by atoms with Crippen LogP contribution in [-0.2, 0) is 10.2 Å². The van der Waals surface area contributed by atoms with Crippen LogP contribution in [0.2, 0.25) is 0 Å². The first-order valence-corrected chi connectivity index (χ1v) is 6.65. The third-order valence-corrected chi connectivity index (χ3v) is 4.08. The Morgan fingerprint density at radius 3 is 2.47 bits per heavy atom. The van der Waals surface area contributed by atoms with Gasteiger partial charge in [0.25, 0.3) is 0 Å². The molecule has 0 unspecified atom stereocenters. The predicted octanol–water partition coefficient (Wildman–Crippen LogP) is 2.26. The van der Waals surface area contributed by atoms with Crippen molar-refractivity contribution >= 4 is 6.41 Å². The van der Waals surface area contributed by atoms with E-state index in [-0.39, 0.29) is 5.41 Å². The lowest BCUT2D eigenvalue weighted by Gasteiger charge is -2.29. The van der Waals surface area contributed by atoms with Crippen LogP contribution in [0.25, 0.3) is 0 Å². The molecule has 0 heterocycles. The maximum absolute atomic E-state index is 10.6. The Balaban J connectivity index is 2.33. The highest BCUT2D eigenvalue weighted by molar-refractivity contribution is 5.48. The van der Waals surface area contributed by atoms with Gasteiger partial charge >= 0.3 is 0 Å². The van der Waals surface area contributed by atoms with Gasteiger partial charge in [-0.1, -0.05) is 18.9 Å². The van der Waals surface area contributed by atoms with Crippen LogP contribution < -0.4 is 14.8 Å². The highest BCUT2D eigenvalue weighted by Crippen LogP contribution is 2.43. The van der Waals surface area contributed by atoms with Gasteiger partial charge < -0.3 is 14.8 Å². The fraction of sp³-hybridized carbons (Fsp3) is 0.533.